The molecule has 0 saturated carbocycles. The number of hydrogen-bond acceptors (Lipinski definition) is 4. The van der Waals surface area contributed by atoms with Gasteiger partial charge < -0.3 is 9.88 Å². The maximum Gasteiger partial charge on any atom is 0.252 e. The fourth-order valence-electron chi connectivity index (χ4n) is 2.86. The van der Waals surface area contributed by atoms with Crippen LogP contribution in [-0.2, 0) is 7.05 Å². The second-order valence-electron chi connectivity index (χ2n) is 5.86. The van der Waals surface area contributed by atoms with Crippen LogP contribution in [0.2, 0.25) is 0 Å². The molecule has 4 aromatic rings. The molecule has 5 nitrogen and oxygen atoms in total. The SMILES string of the molecule is Cn1ccnc1C(NC(=O)c1ccc2ncsc2c1)c1ccccc1F. The van der Waals surface area contributed by atoms with Gasteiger partial charge in [-0.2, -0.15) is 0 Å². The topological polar surface area (TPSA) is 59.8 Å². The molecule has 0 fully saturated rings. The van der Waals surface area contributed by atoms with E-state index in [0.717, 1.165) is 10.2 Å². The van der Waals surface area contributed by atoms with Gasteiger partial charge in [-0.15, -0.1) is 11.3 Å². The normalized spacial score (nSPS) is 12.2. The molecule has 0 aliphatic carbocycles. The highest BCUT2D eigenvalue weighted by Gasteiger charge is 2.24. The Morgan fingerprint density at radius 2 is 2.08 bits per heavy atom. The molecular formula is C19H15FN4OS. The lowest BCUT2D eigenvalue weighted by molar-refractivity contribution is 0.0941. The summed E-state index contributed by atoms with van der Waals surface area (Å²) in [4.78, 5) is 21.3. The Hall–Kier alpha value is -3.06. The van der Waals surface area contributed by atoms with Crippen molar-refractivity contribution < 1.29 is 9.18 Å². The van der Waals surface area contributed by atoms with Crippen LogP contribution < -0.4 is 5.32 Å². The number of nitrogens with one attached hydrogen (secondary N) is 1. The van der Waals surface area contributed by atoms with Gasteiger partial charge in [0.05, 0.1) is 15.7 Å². The van der Waals surface area contributed by atoms with E-state index in [1.807, 2.05) is 7.05 Å². The predicted octanol–water partition coefficient (Wildman–Crippen LogP) is 3.69. The number of halogens is 1. The van der Waals surface area contributed by atoms with Crippen molar-refractivity contribution in [3.63, 3.8) is 0 Å². The van der Waals surface area contributed by atoms with Gasteiger partial charge in [0.1, 0.15) is 17.7 Å². The number of benzene rings is 2. The van der Waals surface area contributed by atoms with Crippen LogP contribution in [0.5, 0.6) is 0 Å². The van der Waals surface area contributed by atoms with Gasteiger partial charge in [-0.25, -0.2) is 14.4 Å². The zero-order valence-corrected chi connectivity index (χ0v) is 14.7. The van der Waals surface area contributed by atoms with E-state index in [4.69, 9.17) is 0 Å². The number of rotatable bonds is 4. The number of fused-ring (bicyclic) bond motifs is 1. The highest BCUT2D eigenvalue weighted by Crippen LogP contribution is 2.24. The Kier molecular flexibility index (Phi) is 4.22. The number of carbonyl (C=O) groups excluding carboxylic acids is 1. The van der Waals surface area contributed by atoms with Crippen molar-refractivity contribution in [3.05, 3.63) is 83.1 Å². The lowest BCUT2D eigenvalue weighted by Gasteiger charge is -2.19. The van der Waals surface area contributed by atoms with Gasteiger partial charge in [0, 0.05) is 30.6 Å². The standard InChI is InChI=1S/C19H15FN4OS/c1-24-9-8-21-18(24)17(13-4-2-3-5-14(13)20)23-19(25)12-6-7-15-16(10-12)26-11-22-15/h2-11,17H,1H3,(H,23,25). The van der Waals surface area contributed by atoms with Crippen molar-refractivity contribution in [2.75, 3.05) is 0 Å². The molecule has 0 aliphatic rings. The molecule has 1 amide bonds. The lowest BCUT2D eigenvalue weighted by Crippen LogP contribution is -2.31. The maximum atomic E-state index is 14.4. The number of hydrogen-bond donors (Lipinski definition) is 1. The lowest BCUT2D eigenvalue weighted by atomic mass is 10.0. The predicted molar refractivity (Wildman–Crippen MR) is 98.5 cm³/mol. The highest BCUT2D eigenvalue weighted by molar-refractivity contribution is 7.16. The second kappa shape index (κ2) is 6.68. The Balaban J connectivity index is 1.71. The third kappa shape index (κ3) is 2.97. The average molecular weight is 366 g/mol. The van der Waals surface area contributed by atoms with E-state index in [2.05, 4.69) is 15.3 Å². The van der Waals surface area contributed by atoms with Crippen molar-refractivity contribution in [2.24, 2.45) is 7.05 Å². The van der Waals surface area contributed by atoms with Crippen molar-refractivity contribution in [1.82, 2.24) is 19.9 Å². The first kappa shape index (κ1) is 16.4. The summed E-state index contributed by atoms with van der Waals surface area (Å²) in [6.45, 7) is 0. The molecule has 2 aromatic heterocycles. The van der Waals surface area contributed by atoms with Gasteiger partial charge in [-0.05, 0) is 24.3 Å². The van der Waals surface area contributed by atoms with E-state index in [1.54, 1.807) is 58.9 Å². The first-order valence-electron chi connectivity index (χ1n) is 7.99. The molecule has 2 heterocycles. The number of amides is 1. The fourth-order valence-corrected chi connectivity index (χ4v) is 3.57. The number of carbonyl (C=O) groups is 1. The molecular weight excluding hydrogens is 351 g/mol. The molecule has 1 N–H and O–H groups in total. The van der Waals surface area contributed by atoms with E-state index in [-0.39, 0.29) is 5.91 Å². The summed E-state index contributed by atoms with van der Waals surface area (Å²) in [5, 5.41) is 2.91. The molecule has 7 heteroatoms. The van der Waals surface area contributed by atoms with Crippen molar-refractivity contribution in [3.8, 4) is 0 Å². The van der Waals surface area contributed by atoms with Crippen molar-refractivity contribution >= 4 is 27.5 Å². The second-order valence-corrected chi connectivity index (χ2v) is 6.75. The largest absolute Gasteiger partial charge is 0.338 e. The van der Waals surface area contributed by atoms with Crippen LogP contribution in [0.15, 0.2) is 60.4 Å². The maximum absolute atomic E-state index is 14.4. The monoisotopic (exact) mass is 366 g/mol. The zero-order chi connectivity index (χ0) is 18.1. The first-order chi connectivity index (χ1) is 12.6. The number of aryl methyl sites for hydroxylation is 1. The van der Waals surface area contributed by atoms with E-state index in [0.29, 0.717) is 17.0 Å². The van der Waals surface area contributed by atoms with E-state index in [1.165, 1.54) is 17.4 Å². The van der Waals surface area contributed by atoms with Gasteiger partial charge in [0.15, 0.2) is 0 Å². The Morgan fingerprint density at radius 1 is 1.23 bits per heavy atom. The van der Waals surface area contributed by atoms with Crippen LogP contribution in [0.1, 0.15) is 27.8 Å². The van der Waals surface area contributed by atoms with E-state index >= 15 is 0 Å². The highest BCUT2D eigenvalue weighted by atomic mass is 32.1. The molecule has 0 aliphatic heterocycles. The summed E-state index contributed by atoms with van der Waals surface area (Å²) in [5.74, 6) is -0.127. The Labute approximate surface area is 153 Å². The Bertz CT molecular complexity index is 1090. The summed E-state index contributed by atoms with van der Waals surface area (Å²) >= 11 is 1.47. The molecule has 0 spiro atoms. The summed E-state index contributed by atoms with van der Waals surface area (Å²) in [7, 11) is 1.81. The number of aromatic nitrogens is 3. The van der Waals surface area contributed by atoms with Gasteiger partial charge in [0.25, 0.3) is 5.91 Å². The van der Waals surface area contributed by atoms with Gasteiger partial charge in [0.2, 0.25) is 0 Å². The summed E-state index contributed by atoms with van der Waals surface area (Å²) in [5.41, 5.74) is 3.45. The molecule has 130 valence electrons. The summed E-state index contributed by atoms with van der Waals surface area (Å²) in [6.07, 6.45) is 3.39. The molecule has 1 unspecified atom stereocenters. The minimum atomic E-state index is -0.694. The third-order valence-corrected chi connectivity index (χ3v) is 4.99. The van der Waals surface area contributed by atoms with Crippen molar-refractivity contribution in [1.29, 1.82) is 0 Å². The van der Waals surface area contributed by atoms with Crippen LogP contribution in [-0.4, -0.2) is 20.4 Å². The van der Waals surface area contributed by atoms with Crippen LogP contribution in [0.4, 0.5) is 4.39 Å². The first-order valence-corrected chi connectivity index (χ1v) is 8.87. The third-order valence-electron chi connectivity index (χ3n) is 4.20. The minimum Gasteiger partial charge on any atom is -0.338 e. The van der Waals surface area contributed by atoms with Crippen LogP contribution in [0, 0.1) is 5.82 Å². The van der Waals surface area contributed by atoms with E-state index in [9.17, 15) is 9.18 Å². The molecule has 0 bridgehead atoms. The van der Waals surface area contributed by atoms with E-state index < -0.39 is 11.9 Å². The van der Waals surface area contributed by atoms with Gasteiger partial charge >= 0.3 is 0 Å². The zero-order valence-electron chi connectivity index (χ0n) is 13.9. The number of nitrogens with zero attached hydrogens (tertiary/aromatic N) is 3. The van der Waals surface area contributed by atoms with Crippen molar-refractivity contribution in [2.45, 2.75) is 6.04 Å². The summed E-state index contributed by atoms with van der Waals surface area (Å²) in [6, 6.07) is 11.0. The van der Waals surface area contributed by atoms with Crippen LogP contribution in [0.3, 0.4) is 0 Å². The average Bonchev–Trinajstić information content (AvgIpc) is 3.28. The molecule has 2 aromatic carbocycles. The molecule has 1 atom stereocenters. The van der Waals surface area contributed by atoms with Crippen LogP contribution >= 0.6 is 11.3 Å². The Morgan fingerprint density at radius 3 is 2.85 bits per heavy atom. The molecule has 4 rings (SSSR count). The fraction of sp³-hybridized carbons (Fsp3) is 0.105. The summed E-state index contributed by atoms with van der Waals surface area (Å²) < 4.78 is 17.1. The molecule has 0 radical (unpaired) electrons. The number of thiazole rings is 1. The van der Waals surface area contributed by atoms with Gasteiger partial charge in [-0.1, -0.05) is 18.2 Å². The van der Waals surface area contributed by atoms with Gasteiger partial charge in [-0.3, -0.25) is 4.79 Å². The van der Waals surface area contributed by atoms with Crippen LogP contribution in [0.25, 0.3) is 10.2 Å². The smallest absolute Gasteiger partial charge is 0.252 e. The molecule has 26 heavy (non-hydrogen) atoms. The number of imidazole rings is 1. The quantitative estimate of drug-likeness (QED) is 0.599. The molecule has 0 saturated heterocycles. The minimum absolute atomic E-state index is 0.295.